The molecule has 0 unspecified atom stereocenters. The Bertz CT molecular complexity index is 272. The molecule has 0 aliphatic carbocycles. The maximum atomic E-state index is 11.9. The van der Waals surface area contributed by atoms with Gasteiger partial charge in [0, 0.05) is 16.2 Å². The highest BCUT2D eigenvalue weighted by Gasteiger charge is 2.23. The lowest BCUT2D eigenvalue weighted by Crippen LogP contribution is -2.32. The number of carbonyl (C=O) groups excluding carboxylic acids is 1. The summed E-state index contributed by atoms with van der Waals surface area (Å²) in [6.45, 7) is 9.54. The molecule has 1 fully saturated rings. The van der Waals surface area contributed by atoms with E-state index in [1.807, 2.05) is 0 Å². The molecule has 1 heterocycles. The standard InChI is InChI=1S/C11H16BrNOS/c1-8(7-12)15-9(2)11(14)10-3-5-13-6-4-10/h10,13H,1-7H2. The van der Waals surface area contributed by atoms with E-state index in [2.05, 4.69) is 34.4 Å². The maximum absolute atomic E-state index is 11.9. The number of Topliss-reactive ketones (excluding diaryl/α,β-unsaturated/α-hetero) is 1. The minimum absolute atomic E-state index is 0.161. The number of hydrogen-bond acceptors (Lipinski definition) is 3. The fourth-order valence-corrected chi connectivity index (χ4v) is 2.58. The summed E-state index contributed by atoms with van der Waals surface area (Å²) in [6.07, 6.45) is 1.86. The third-order valence-electron chi connectivity index (χ3n) is 2.40. The largest absolute Gasteiger partial charge is 0.317 e. The lowest BCUT2D eigenvalue weighted by molar-refractivity contribution is -0.119. The zero-order valence-electron chi connectivity index (χ0n) is 8.72. The van der Waals surface area contributed by atoms with Crippen molar-refractivity contribution >= 4 is 33.5 Å². The topological polar surface area (TPSA) is 29.1 Å². The third-order valence-corrected chi connectivity index (χ3v) is 4.33. The molecule has 0 atom stereocenters. The molecule has 0 spiro atoms. The summed E-state index contributed by atoms with van der Waals surface area (Å²) in [5.74, 6) is 0.359. The van der Waals surface area contributed by atoms with Gasteiger partial charge in [0.1, 0.15) is 0 Å². The molecule has 0 bridgehead atoms. The Morgan fingerprint density at radius 1 is 1.40 bits per heavy atom. The second-order valence-corrected chi connectivity index (χ2v) is 5.42. The van der Waals surface area contributed by atoms with Crippen LogP contribution in [0.25, 0.3) is 0 Å². The first-order valence-corrected chi connectivity index (χ1v) is 6.94. The van der Waals surface area contributed by atoms with Crippen LogP contribution in [0, 0.1) is 5.92 Å². The van der Waals surface area contributed by atoms with E-state index in [0.717, 1.165) is 30.8 Å². The van der Waals surface area contributed by atoms with Crippen LogP contribution in [-0.2, 0) is 4.79 Å². The van der Waals surface area contributed by atoms with E-state index in [4.69, 9.17) is 0 Å². The lowest BCUT2D eigenvalue weighted by Gasteiger charge is -2.21. The molecule has 0 aromatic carbocycles. The van der Waals surface area contributed by atoms with Gasteiger partial charge in [-0.25, -0.2) is 0 Å². The highest BCUT2D eigenvalue weighted by Crippen LogP contribution is 2.28. The molecule has 0 aromatic rings. The molecular weight excluding hydrogens is 274 g/mol. The van der Waals surface area contributed by atoms with Gasteiger partial charge < -0.3 is 5.32 Å². The van der Waals surface area contributed by atoms with Crippen LogP contribution in [-0.4, -0.2) is 24.2 Å². The number of ketones is 1. The molecule has 1 N–H and O–H groups in total. The zero-order chi connectivity index (χ0) is 11.3. The fourth-order valence-electron chi connectivity index (χ4n) is 1.56. The number of alkyl halides is 1. The van der Waals surface area contributed by atoms with Crippen molar-refractivity contribution in [3.63, 3.8) is 0 Å². The van der Waals surface area contributed by atoms with E-state index < -0.39 is 0 Å². The second-order valence-electron chi connectivity index (χ2n) is 3.59. The number of allylic oxidation sites excluding steroid dienone is 2. The highest BCUT2D eigenvalue weighted by atomic mass is 79.9. The minimum atomic E-state index is 0.161. The van der Waals surface area contributed by atoms with E-state index in [0.29, 0.717) is 10.2 Å². The molecule has 2 nitrogen and oxygen atoms in total. The van der Waals surface area contributed by atoms with Crippen molar-refractivity contribution in [3.05, 3.63) is 23.0 Å². The Labute approximate surface area is 104 Å². The lowest BCUT2D eigenvalue weighted by atomic mass is 9.93. The van der Waals surface area contributed by atoms with E-state index in [1.54, 1.807) is 0 Å². The van der Waals surface area contributed by atoms with Gasteiger partial charge in [0.2, 0.25) is 0 Å². The Balaban J connectivity index is 2.44. The molecule has 84 valence electrons. The first kappa shape index (κ1) is 13.0. The predicted octanol–water partition coefficient (Wildman–Crippen LogP) is 2.71. The van der Waals surface area contributed by atoms with Crippen molar-refractivity contribution in [2.24, 2.45) is 5.92 Å². The van der Waals surface area contributed by atoms with Crippen LogP contribution in [0.4, 0.5) is 0 Å². The number of rotatable bonds is 5. The average Bonchev–Trinajstić information content (AvgIpc) is 2.29. The summed E-state index contributed by atoms with van der Waals surface area (Å²) in [6, 6.07) is 0. The summed E-state index contributed by atoms with van der Waals surface area (Å²) >= 11 is 4.70. The van der Waals surface area contributed by atoms with Gasteiger partial charge in [0.15, 0.2) is 5.78 Å². The van der Waals surface area contributed by atoms with Crippen LogP contribution in [0.1, 0.15) is 12.8 Å². The molecule has 15 heavy (non-hydrogen) atoms. The predicted molar refractivity (Wildman–Crippen MR) is 70.3 cm³/mol. The SMILES string of the molecule is C=C(CBr)SC(=C)C(=O)C1CCNCC1. The third kappa shape index (κ3) is 4.13. The number of piperidine rings is 1. The average molecular weight is 290 g/mol. The van der Waals surface area contributed by atoms with Gasteiger partial charge in [0.05, 0.1) is 0 Å². The van der Waals surface area contributed by atoms with Crippen molar-refractivity contribution in [3.8, 4) is 0 Å². The van der Waals surface area contributed by atoms with Crippen LogP contribution >= 0.6 is 27.7 Å². The number of hydrogen-bond donors (Lipinski definition) is 1. The first-order chi connectivity index (χ1) is 7.15. The van der Waals surface area contributed by atoms with E-state index in [1.165, 1.54) is 11.8 Å². The van der Waals surface area contributed by atoms with E-state index >= 15 is 0 Å². The number of carbonyl (C=O) groups is 1. The molecule has 0 radical (unpaired) electrons. The molecule has 0 aromatic heterocycles. The summed E-state index contributed by atoms with van der Waals surface area (Å²) in [7, 11) is 0. The van der Waals surface area contributed by atoms with Crippen molar-refractivity contribution < 1.29 is 4.79 Å². The van der Waals surface area contributed by atoms with Crippen LogP contribution < -0.4 is 5.32 Å². The smallest absolute Gasteiger partial charge is 0.172 e. The molecule has 1 aliphatic rings. The number of thioether (sulfide) groups is 1. The fraction of sp³-hybridized carbons (Fsp3) is 0.545. The van der Waals surface area contributed by atoms with Gasteiger partial charge >= 0.3 is 0 Å². The first-order valence-electron chi connectivity index (χ1n) is 5.00. The van der Waals surface area contributed by atoms with E-state index in [-0.39, 0.29) is 11.7 Å². The molecule has 1 saturated heterocycles. The Kier molecular flexibility index (Phi) is 5.64. The number of halogens is 1. The van der Waals surface area contributed by atoms with Gasteiger partial charge in [-0.15, -0.1) is 0 Å². The van der Waals surface area contributed by atoms with Gasteiger partial charge in [-0.3, -0.25) is 4.79 Å². The number of nitrogens with one attached hydrogen (secondary N) is 1. The van der Waals surface area contributed by atoms with Gasteiger partial charge in [-0.05, 0) is 30.8 Å². The van der Waals surface area contributed by atoms with Crippen LogP contribution in [0.3, 0.4) is 0 Å². The monoisotopic (exact) mass is 289 g/mol. The summed E-state index contributed by atoms with van der Waals surface area (Å²) < 4.78 is 0. The molecule has 1 aliphatic heterocycles. The highest BCUT2D eigenvalue weighted by molar-refractivity contribution is 9.09. The molecule has 1 rings (SSSR count). The molecular formula is C11H16BrNOS. The normalized spacial score (nSPS) is 17.4. The quantitative estimate of drug-likeness (QED) is 0.623. The van der Waals surface area contributed by atoms with Crippen molar-refractivity contribution in [2.45, 2.75) is 12.8 Å². The van der Waals surface area contributed by atoms with Crippen LogP contribution in [0.5, 0.6) is 0 Å². The minimum Gasteiger partial charge on any atom is -0.317 e. The summed E-state index contributed by atoms with van der Waals surface area (Å²) in [4.78, 5) is 13.5. The second kappa shape index (κ2) is 6.51. The molecule has 4 heteroatoms. The van der Waals surface area contributed by atoms with Crippen LogP contribution in [0.15, 0.2) is 23.0 Å². The summed E-state index contributed by atoms with van der Waals surface area (Å²) in [5, 5.41) is 3.95. The zero-order valence-corrected chi connectivity index (χ0v) is 11.1. The van der Waals surface area contributed by atoms with Crippen molar-refractivity contribution in [1.29, 1.82) is 0 Å². The van der Waals surface area contributed by atoms with Gasteiger partial charge in [-0.1, -0.05) is 40.8 Å². The van der Waals surface area contributed by atoms with Crippen molar-refractivity contribution in [2.75, 3.05) is 18.4 Å². The summed E-state index contributed by atoms with van der Waals surface area (Å²) in [5.41, 5.74) is 0. The van der Waals surface area contributed by atoms with Gasteiger partial charge in [0.25, 0.3) is 0 Å². The van der Waals surface area contributed by atoms with Gasteiger partial charge in [-0.2, -0.15) is 0 Å². The Hall–Kier alpha value is -0.0600. The van der Waals surface area contributed by atoms with Crippen molar-refractivity contribution in [1.82, 2.24) is 5.32 Å². The molecule has 0 saturated carbocycles. The Morgan fingerprint density at radius 2 is 2.00 bits per heavy atom. The Morgan fingerprint density at radius 3 is 2.53 bits per heavy atom. The van der Waals surface area contributed by atoms with Crippen LogP contribution in [0.2, 0.25) is 0 Å². The maximum Gasteiger partial charge on any atom is 0.172 e. The van der Waals surface area contributed by atoms with E-state index in [9.17, 15) is 4.79 Å². The molecule has 0 amide bonds.